The minimum atomic E-state index is -0.503. The van der Waals surface area contributed by atoms with Gasteiger partial charge in [0.15, 0.2) is 0 Å². The molecule has 1 aliphatic carbocycles. The Labute approximate surface area is 102 Å². The van der Waals surface area contributed by atoms with Crippen LogP contribution in [0.5, 0.6) is 0 Å². The summed E-state index contributed by atoms with van der Waals surface area (Å²) >= 11 is 3.25. The highest BCUT2D eigenvalue weighted by molar-refractivity contribution is 9.10. The molecule has 0 radical (unpaired) electrons. The molecule has 5 heteroatoms. The second-order valence-corrected chi connectivity index (χ2v) is 5.21. The molecule has 1 fully saturated rings. The molecule has 0 unspecified atom stereocenters. The van der Waals surface area contributed by atoms with Crippen molar-refractivity contribution in [2.45, 2.75) is 31.3 Å². The van der Waals surface area contributed by atoms with Crippen molar-refractivity contribution >= 4 is 21.6 Å². The first-order valence-electron chi connectivity index (χ1n) is 5.15. The number of nitrogens with zero attached hydrogens (tertiary/aromatic N) is 1. The molecule has 0 aliphatic heterocycles. The summed E-state index contributed by atoms with van der Waals surface area (Å²) in [6, 6.07) is 4.91. The van der Waals surface area contributed by atoms with Crippen LogP contribution in [0.1, 0.15) is 24.8 Å². The lowest BCUT2D eigenvalue weighted by Crippen LogP contribution is -2.07. The molecule has 1 aliphatic rings. The lowest BCUT2D eigenvalue weighted by molar-refractivity contribution is -0.385. The van der Waals surface area contributed by atoms with Crippen LogP contribution in [0.25, 0.3) is 0 Å². The number of hydrogen-bond acceptors (Lipinski definition) is 3. The predicted molar refractivity (Wildman–Crippen MR) is 63.3 cm³/mol. The van der Waals surface area contributed by atoms with Crippen molar-refractivity contribution < 1.29 is 10.0 Å². The van der Waals surface area contributed by atoms with E-state index in [-0.39, 0.29) is 5.69 Å². The van der Waals surface area contributed by atoms with Gasteiger partial charge in [0, 0.05) is 16.6 Å². The first-order valence-corrected chi connectivity index (χ1v) is 5.94. The van der Waals surface area contributed by atoms with E-state index in [1.165, 1.54) is 6.07 Å². The monoisotopic (exact) mass is 285 g/mol. The SMILES string of the molecule is O=[N+]([O-])c1cc(Br)cc(CCC2(O)CC2)c1. The number of rotatable bonds is 4. The molecule has 0 spiro atoms. The summed E-state index contributed by atoms with van der Waals surface area (Å²) in [6.07, 6.45) is 3.06. The fourth-order valence-electron chi connectivity index (χ4n) is 1.65. The van der Waals surface area contributed by atoms with E-state index in [1.807, 2.05) is 6.07 Å². The van der Waals surface area contributed by atoms with Crippen molar-refractivity contribution in [3.63, 3.8) is 0 Å². The topological polar surface area (TPSA) is 63.4 Å². The van der Waals surface area contributed by atoms with Gasteiger partial charge in [-0.1, -0.05) is 15.9 Å². The van der Waals surface area contributed by atoms with Gasteiger partial charge in [-0.05, 0) is 37.3 Å². The van der Waals surface area contributed by atoms with Crippen LogP contribution in [0.4, 0.5) is 5.69 Å². The van der Waals surface area contributed by atoms with E-state index in [9.17, 15) is 15.2 Å². The van der Waals surface area contributed by atoms with Crippen LogP contribution < -0.4 is 0 Å². The van der Waals surface area contributed by atoms with E-state index < -0.39 is 10.5 Å². The highest BCUT2D eigenvalue weighted by Crippen LogP contribution is 2.39. The summed E-state index contributed by atoms with van der Waals surface area (Å²) in [7, 11) is 0. The van der Waals surface area contributed by atoms with Gasteiger partial charge in [-0.15, -0.1) is 0 Å². The zero-order valence-corrected chi connectivity index (χ0v) is 10.2. The fourth-order valence-corrected chi connectivity index (χ4v) is 2.18. The predicted octanol–water partition coefficient (Wildman–Crippen LogP) is 2.81. The van der Waals surface area contributed by atoms with E-state index in [2.05, 4.69) is 15.9 Å². The quantitative estimate of drug-likeness (QED) is 0.683. The largest absolute Gasteiger partial charge is 0.390 e. The Hall–Kier alpha value is -0.940. The van der Waals surface area contributed by atoms with E-state index in [4.69, 9.17) is 0 Å². The van der Waals surface area contributed by atoms with Crippen LogP contribution >= 0.6 is 15.9 Å². The second kappa shape index (κ2) is 4.14. The van der Waals surface area contributed by atoms with Crippen molar-refractivity contribution in [3.05, 3.63) is 38.3 Å². The minimum absolute atomic E-state index is 0.0900. The molecule has 1 N–H and O–H groups in total. The van der Waals surface area contributed by atoms with Crippen molar-refractivity contribution in [3.8, 4) is 0 Å². The van der Waals surface area contributed by atoms with Crippen molar-refractivity contribution in [1.82, 2.24) is 0 Å². The van der Waals surface area contributed by atoms with Gasteiger partial charge in [-0.25, -0.2) is 0 Å². The molecule has 2 rings (SSSR count). The molecule has 1 saturated carbocycles. The lowest BCUT2D eigenvalue weighted by atomic mass is 10.1. The van der Waals surface area contributed by atoms with Crippen molar-refractivity contribution in [2.24, 2.45) is 0 Å². The summed E-state index contributed by atoms with van der Waals surface area (Å²) in [5.41, 5.74) is 0.477. The first kappa shape index (κ1) is 11.5. The minimum Gasteiger partial charge on any atom is -0.390 e. The molecule has 4 nitrogen and oxygen atoms in total. The summed E-state index contributed by atoms with van der Waals surface area (Å²) in [5, 5.41) is 20.3. The van der Waals surface area contributed by atoms with E-state index in [1.54, 1.807) is 6.07 Å². The molecule has 0 bridgehead atoms. The van der Waals surface area contributed by atoms with E-state index >= 15 is 0 Å². The maximum absolute atomic E-state index is 10.7. The third-order valence-corrected chi connectivity index (χ3v) is 3.32. The Morgan fingerprint density at radius 1 is 1.44 bits per heavy atom. The number of nitro groups is 1. The summed E-state index contributed by atoms with van der Waals surface area (Å²) < 4.78 is 0.708. The number of benzene rings is 1. The molecule has 1 aromatic rings. The van der Waals surface area contributed by atoms with Crippen LogP contribution in [0.15, 0.2) is 22.7 Å². The Morgan fingerprint density at radius 2 is 2.12 bits per heavy atom. The molecular weight excluding hydrogens is 274 g/mol. The number of nitro benzene ring substituents is 1. The molecule has 0 atom stereocenters. The number of non-ortho nitro benzene ring substituents is 1. The van der Waals surface area contributed by atoms with Gasteiger partial charge < -0.3 is 5.11 Å². The molecule has 1 aromatic carbocycles. The molecule has 0 aromatic heterocycles. The Morgan fingerprint density at radius 3 is 2.69 bits per heavy atom. The van der Waals surface area contributed by atoms with Crippen LogP contribution in [-0.2, 0) is 6.42 Å². The second-order valence-electron chi connectivity index (χ2n) is 4.30. The molecule has 16 heavy (non-hydrogen) atoms. The third kappa shape index (κ3) is 2.80. The zero-order valence-electron chi connectivity index (χ0n) is 8.65. The van der Waals surface area contributed by atoms with Gasteiger partial charge in [0.05, 0.1) is 10.5 Å². The molecule has 0 amide bonds. The van der Waals surface area contributed by atoms with Crippen LogP contribution in [-0.4, -0.2) is 15.6 Å². The van der Waals surface area contributed by atoms with Gasteiger partial charge in [-0.3, -0.25) is 10.1 Å². The van der Waals surface area contributed by atoms with Gasteiger partial charge in [0.2, 0.25) is 0 Å². The maximum atomic E-state index is 10.7. The zero-order chi connectivity index (χ0) is 11.8. The Balaban J connectivity index is 2.10. The average molecular weight is 286 g/mol. The van der Waals surface area contributed by atoms with Crippen molar-refractivity contribution in [1.29, 1.82) is 0 Å². The average Bonchev–Trinajstić information content (AvgIpc) is 2.94. The summed E-state index contributed by atoms with van der Waals surface area (Å²) in [4.78, 5) is 10.3. The van der Waals surface area contributed by atoms with E-state index in [0.717, 1.165) is 18.4 Å². The third-order valence-electron chi connectivity index (χ3n) is 2.86. The Bertz CT molecular complexity index is 429. The molecule has 0 heterocycles. The van der Waals surface area contributed by atoms with Crippen molar-refractivity contribution in [2.75, 3.05) is 0 Å². The highest BCUT2D eigenvalue weighted by Gasteiger charge is 2.39. The number of halogens is 1. The van der Waals surface area contributed by atoms with E-state index in [0.29, 0.717) is 17.3 Å². The normalized spacial score (nSPS) is 17.1. The lowest BCUT2D eigenvalue weighted by Gasteiger charge is -2.07. The van der Waals surface area contributed by atoms with Gasteiger partial charge >= 0.3 is 0 Å². The summed E-state index contributed by atoms with van der Waals surface area (Å²) in [5.74, 6) is 0. The smallest absolute Gasteiger partial charge is 0.270 e. The number of aryl methyl sites for hydroxylation is 1. The number of hydrogen-bond donors (Lipinski definition) is 1. The maximum Gasteiger partial charge on any atom is 0.270 e. The highest BCUT2D eigenvalue weighted by atomic mass is 79.9. The molecular formula is C11H12BrNO3. The molecule has 0 saturated heterocycles. The first-order chi connectivity index (χ1) is 7.48. The number of aliphatic hydroxyl groups is 1. The van der Waals surface area contributed by atoms with Crippen LogP contribution in [0.2, 0.25) is 0 Å². The van der Waals surface area contributed by atoms with Crippen LogP contribution in [0, 0.1) is 10.1 Å². The Kier molecular flexibility index (Phi) is 2.99. The van der Waals surface area contributed by atoms with Gasteiger partial charge in [0.25, 0.3) is 5.69 Å². The summed E-state index contributed by atoms with van der Waals surface area (Å²) in [6.45, 7) is 0. The fraction of sp³-hybridized carbons (Fsp3) is 0.455. The van der Waals surface area contributed by atoms with Gasteiger partial charge in [-0.2, -0.15) is 0 Å². The molecule has 86 valence electrons. The van der Waals surface area contributed by atoms with Crippen LogP contribution in [0.3, 0.4) is 0 Å². The van der Waals surface area contributed by atoms with Gasteiger partial charge in [0.1, 0.15) is 0 Å². The standard InChI is InChI=1S/C11H12BrNO3/c12-9-5-8(1-2-11(14)3-4-11)6-10(7-9)13(15)16/h5-7,14H,1-4H2.